The molecule has 0 spiro atoms. The first-order chi connectivity index (χ1) is 12.0. The van der Waals surface area contributed by atoms with E-state index in [2.05, 4.69) is 4.72 Å². The molecule has 1 aromatic carbocycles. The molecule has 1 aromatic rings. The average molecular weight is 362 g/mol. The summed E-state index contributed by atoms with van der Waals surface area (Å²) >= 11 is 0. The van der Waals surface area contributed by atoms with Gasteiger partial charge in [-0.1, -0.05) is 18.9 Å². The van der Waals surface area contributed by atoms with Crippen molar-refractivity contribution in [2.75, 3.05) is 6.54 Å². The molecule has 6 heteroatoms. The zero-order valence-electron chi connectivity index (χ0n) is 14.5. The maximum atomic E-state index is 13.1. The van der Waals surface area contributed by atoms with Crippen LogP contribution in [0.25, 0.3) is 0 Å². The average Bonchev–Trinajstić information content (AvgIpc) is 3.44. The zero-order valence-corrected chi connectivity index (χ0v) is 15.3. The monoisotopic (exact) mass is 362 g/mol. The molecular formula is C19H26N2O3S. The number of amides is 1. The minimum Gasteiger partial charge on any atom is -0.335 e. The molecule has 4 rings (SSSR count). The van der Waals surface area contributed by atoms with Crippen LogP contribution < -0.4 is 4.72 Å². The summed E-state index contributed by atoms with van der Waals surface area (Å²) in [5.41, 5.74) is 0.491. The number of hydrogen-bond donors (Lipinski definition) is 1. The summed E-state index contributed by atoms with van der Waals surface area (Å²) in [4.78, 5) is 15.3. The van der Waals surface area contributed by atoms with E-state index in [0.29, 0.717) is 17.5 Å². The first kappa shape index (κ1) is 17.0. The van der Waals surface area contributed by atoms with Crippen molar-refractivity contribution in [3.63, 3.8) is 0 Å². The van der Waals surface area contributed by atoms with Gasteiger partial charge < -0.3 is 4.90 Å². The second-order valence-corrected chi connectivity index (χ2v) is 9.39. The maximum absolute atomic E-state index is 13.1. The summed E-state index contributed by atoms with van der Waals surface area (Å²) in [6.07, 6.45) is 8.81. The largest absolute Gasteiger partial charge is 0.335 e. The van der Waals surface area contributed by atoms with E-state index in [-0.39, 0.29) is 16.8 Å². The smallest absolute Gasteiger partial charge is 0.254 e. The van der Waals surface area contributed by atoms with Crippen LogP contribution in [0.15, 0.2) is 29.2 Å². The van der Waals surface area contributed by atoms with Gasteiger partial charge in [-0.05, 0) is 62.6 Å². The third-order valence-electron chi connectivity index (χ3n) is 5.79. The molecule has 2 saturated carbocycles. The van der Waals surface area contributed by atoms with Crippen LogP contribution in [0.2, 0.25) is 0 Å². The predicted octanol–water partition coefficient (Wildman–Crippen LogP) is 2.92. The lowest BCUT2D eigenvalue weighted by atomic mass is 9.78. The Morgan fingerprint density at radius 2 is 1.80 bits per heavy atom. The van der Waals surface area contributed by atoms with Gasteiger partial charge in [0.05, 0.1) is 4.90 Å². The number of rotatable bonds is 4. The van der Waals surface area contributed by atoms with Gasteiger partial charge in [0, 0.05) is 24.2 Å². The highest BCUT2D eigenvalue weighted by atomic mass is 32.2. The summed E-state index contributed by atoms with van der Waals surface area (Å²) < 4.78 is 27.5. The van der Waals surface area contributed by atoms with Gasteiger partial charge in [0.1, 0.15) is 0 Å². The molecule has 1 amide bonds. The van der Waals surface area contributed by atoms with E-state index >= 15 is 0 Å². The van der Waals surface area contributed by atoms with Crippen LogP contribution >= 0.6 is 0 Å². The highest BCUT2D eigenvalue weighted by Gasteiger charge is 2.36. The molecule has 3 aliphatic rings. The van der Waals surface area contributed by atoms with E-state index in [1.807, 2.05) is 4.90 Å². The van der Waals surface area contributed by atoms with Crippen LogP contribution in [-0.4, -0.2) is 37.9 Å². The summed E-state index contributed by atoms with van der Waals surface area (Å²) in [6, 6.07) is 6.93. The highest BCUT2D eigenvalue weighted by molar-refractivity contribution is 7.89. The molecule has 5 nitrogen and oxygen atoms in total. The van der Waals surface area contributed by atoms with Crippen molar-refractivity contribution in [3.8, 4) is 0 Å². The van der Waals surface area contributed by atoms with Crippen molar-refractivity contribution in [2.45, 2.75) is 68.3 Å². The van der Waals surface area contributed by atoms with Crippen molar-refractivity contribution in [2.24, 2.45) is 5.92 Å². The molecule has 0 radical (unpaired) electrons. The van der Waals surface area contributed by atoms with E-state index in [1.54, 1.807) is 24.3 Å². The lowest BCUT2D eigenvalue weighted by Gasteiger charge is -2.44. The quantitative estimate of drug-likeness (QED) is 0.895. The molecule has 1 saturated heterocycles. The minimum atomic E-state index is -3.53. The number of carbonyl (C=O) groups excluding carboxylic acids is 1. The van der Waals surface area contributed by atoms with Gasteiger partial charge >= 0.3 is 0 Å². The van der Waals surface area contributed by atoms with Crippen molar-refractivity contribution in [1.29, 1.82) is 0 Å². The molecular weight excluding hydrogens is 336 g/mol. The number of benzene rings is 1. The van der Waals surface area contributed by atoms with Crippen molar-refractivity contribution < 1.29 is 13.2 Å². The third kappa shape index (κ3) is 3.60. The number of fused-ring (bicyclic) bond motifs is 1. The number of nitrogens with one attached hydrogen (secondary N) is 1. The van der Waals surface area contributed by atoms with E-state index in [9.17, 15) is 13.2 Å². The Hall–Kier alpha value is -1.40. The van der Waals surface area contributed by atoms with E-state index < -0.39 is 10.0 Å². The Morgan fingerprint density at radius 3 is 2.60 bits per heavy atom. The standard InChI is InChI=1S/C19H26N2O3S/c22-19(21-12-4-7-14-5-1-2-9-18(14)21)15-6-3-8-17(13-15)25(23,24)20-16-10-11-16/h3,6,8,13-14,16,18,20H,1-2,4-5,7,9-12H2/t14-,18-/m1/s1. The number of hydrogen-bond acceptors (Lipinski definition) is 3. The summed E-state index contributed by atoms with van der Waals surface area (Å²) in [5, 5.41) is 0. The number of sulfonamides is 1. The molecule has 25 heavy (non-hydrogen) atoms. The molecule has 1 heterocycles. The van der Waals surface area contributed by atoms with Crippen LogP contribution in [0.3, 0.4) is 0 Å². The van der Waals surface area contributed by atoms with Crippen LogP contribution in [0.5, 0.6) is 0 Å². The number of carbonyl (C=O) groups is 1. The maximum Gasteiger partial charge on any atom is 0.254 e. The van der Waals surface area contributed by atoms with Crippen LogP contribution in [0.4, 0.5) is 0 Å². The van der Waals surface area contributed by atoms with Crippen molar-refractivity contribution >= 4 is 15.9 Å². The van der Waals surface area contributed by atoms with Crippen LogP contribution in [-0.2, 0) is 10.0 Å². The predicted molar refractivity (Wildman–Crippen MR) is 95.8 cm³/mol. The molecule has 1 aliphatic heterocycles. The van der Waals surface area contributed by atoms with Gasteiger partial charge in [-0.25, -0.2) is 13.1 Å². The Balaban J connectivity index is 1.56. The fourth-order valence-electron chi connectivity index (χ4n) is 4.33. The number of likely N-dealkylation sites (tertiary alicyclic amines) is 1. The second-order valence-electron chi connectivity index (χ2n) is 7.68. The van der Waals surface area contributed by atoms with E-state index in [0.717, 1.165) is 32.2 Å². The Morgan fingerprint density at radius 1 is 1.04 bits per heavy atom. The molecule has 0 bridgehead atoms. The van der Waals surface area contributed by atoms with Gasteiger partial charge in [0.2, 0.25) is 10.0 Å². The molecule has 0 unspecified atom stereocenters. The fraction of sp³-hybridized carbons (Fsp3) is 0.632. The van der Waals surface area contributed by atoms with Crippen molar-refractivity contribution in [3.05, 3.63) is 29.8 Å². The fourth-order valence-corrected chi connectivity index (χ4v) is 5.68. The van der Waals surface area contributed by atoms with Crippen LogP contribution in [0.1, 0.15) is 61.7 Å². The van der Waals surface area contributed by atoms with Gasteiger partial charge in [-0.15, -0.1) is 0 Å². The Bertz CT molecular complexity index is 756. The SMILES string of the molecule is O=C(c1cccc(S(=O)(=O)NC2CC2)c1)N1CCC[C@H]2CCCC[C@H]21. The van der Waals surface area contributed by atoms with Gasteiger partial charge in [0.15, 0.2) is 0 Å². The molecule has 0 aromatic heterocycles. The molecule has 136 valence electrons. The number of piperidine rings is 1. The van der Waals surface area contributed by atoms with Gasteiger partial charge in [-0.3, -0.25) is 4.79 Å². The second kappa shape index (κ2) is 6.72. The van der Waals surface area contributed by atoms with E-state index in [1.165, 1.54) is 25.7 Å². The minimum absolute atomic E-state index is 0.0138. The van der Waals surface area contributed by atoms with Gasteiger partial charge in [-0.2, -0.15) is 0 Å². The molecule has 2 atom stereocenters. The highest BCUT2D eigenvalue weighted by Crippen LogP contribution is 2.36. The third-order valence-corrected chi connectivity index (χ3v) is 7.31. The first-order valence-electron chi connectivity index (χ1n) is 9.48. The zero-order chi connectivity index (χ0) is 17.4. The number of nitrogens with zero attached hydrogens (tertiary/aromatic N) is 1. The first-order valence-corrected chi connectivity index (χ1v) is 11.0. The topological polar surface area (TPSA) is 66.5 Å². The van der Waals surface area contributed by atoms with Crippen LogP contribution in [0, 0.1) is 5.92 Å². The lowest BCUT2D eigenvalue weighted by Crippen LogP contribution is -2.49. The summed E-state index contributed by atoms with van der Waals surface area (Å²) in [7, 11) is -3.53. The Labute approximate surface area is 149 Å². The molecule has 1 N–H and O–H groups in total. The normalized spacial score (nSPS) is 27.0. The molecule has 2 aliphatic carbocycles. The summed E-state index contributed by atoms with van der Waals surface area (Å²) in [6.45, 7) is 0.789. The molecule has 3 fully saturated rings. The lowest BCUT2D eigenvalue weighted by molar-refractivity contribution is 0.0390. The van der Waals surface area contributed by atoms with E-state index in [4.69, 9.17) is 0 Å². The Kier molecular flexibility index (Phi) is 4.58. The van der Waals surface area contributed by atoms with Crippen molar-refractivity contribution in [1.82, 2.24) is 9.62 Å². The van der Waals surface area contributed by atoms with Gasteiger partial charge in [0.25, 0.3) is 5.91 Å². The summed E-state index contributed by atoms with van der Waals surface area (Å²) in [5.74, 6) is 0.606.